The van der Waals surface area contributed by atoms with E-state index >= 15 is 0 Å². The van der Waals surface area contributed by atoms with Gasteiger partial charge in [0.15, 0.2) is 11.5 Å². The number of hydrogen-bond acceptors (Lipinski definition) is 6. The van der Waals surface area contributed by atoms with Gasteiger partial charge in [-0.25, -0.2) is 19.0 Å². The number of alkyl halides is 3. The summed E-state index contributed by atoms with van der Waals surface area (Å²) in [6, 6.07) is 8.25. The largest absolute Gasteiger partial charge is 0.490 e. The zero-order chi connectivity index (χ0) is 24.2. The van der Waals surface area contributed by atoms with E-state index in [2.05, 4.69) is 15.0 Å². The van der Waals surface area contributed by atoms with Crippen LogP contribution < -0.4 is 0 Å². The third-order valence-corrected chi connectivity index (χ3v) is 4.52. The van der Waals surface area contributed by atoms with Crippen LogP contribution in [-0.2, 0) is 23.1 Å². The Hall–Kier alpha value is -3.74. The van der Waals surface area contributed by atoms with Crippen LogP contribution in [0.3, 0.4) is 0 Å². The van der Waals surface area contributed by atoms with E-state index in [0.29, 0.717) is 25.5 Å². The molecule has 0 saturated carbocycles. The Bertz CT molecular complexity index is 1100. The number of rotatable bonds is 5. The lowest BCUT2D eigenvalue weighted by Gasteiger charge is -2.38. The van der Waals surface area contributed by atoms with Gasteiger partial charge in [-0.1, -0.05) is 12.1 Å². The molecule has 1 N–H and O–H groups in total. The van der Waals surface area contributed by atoms with Crippen LogP contribution in [0.25, 0.3) is 5.82 Å². The topological polar surface area (TPSA) is 102 Å². The van der Waals surface area contributed by atoms with Crippen molar-refractivity contribution in [3.05, 3.63) is 66.1 Å². The van der Waals surface area contributed by atoms with Crippen molar-refractivity contribution >= 4 is 11.9 Å². The van der Waals surface area contributed by atoms with Crippen molar-refractivity contribution in [2.24, 2.45) is 7.05 Å². The number of aromatic nitrogens is 4. The maximum Gasteiger partial charge on any atom is 0.490 e. The van der Waals surface area contributed by atoms with Gasteiger partial charge in [0, 0.05) is 45.1 Å². The number of carbonyl (C=O) groups excluding carboxylic acids is 1. The van der Waals surface area contributed by atoms with Crippen LogP contribution in [0.2, 0.25) is 0 Å². The number of carboxylic acids is 1. The number of carbonyl (C=O) groups is 2. The number of halogens is 4. The highest BCUT2D eigenvalue weighted by molar-refractivity contribution is 5.87. The molecule has 0 radical (unpaired) electrons. The van der Waals surface area contributed by atoms with Gasteiger partial charge in [0.2, 0.25) is 0 Å². The molecule has 3 aromatic rings. The minimum atomic E-state index is -5.08. The summed E-state index contributed by atoms with van der Waals surface area (Å²) in [4.78, 5) is 27.3. The zero-order valence-electron chi connectivity index (χ0n) is 17.2. The molecule has 0 aliphatic carbocycles. The quantitative estimate of drug-likeness (QED) is 0.452. The summed E-state index contributed by atoms with van der Waals surface area (Å²) in [7, 11) is 1.82. The van der Waals surface area contributed by atoms with Crippen LogP contribution >= 0.6 is 0 Å². The summed E-state index contributed by atoms with van der Waals surface area (Å²) in [5.41, 5.74) is 1.29. The van der Waals surface area contributed by atoms with Gasteiger partial charge in [0.05, 0.1) is 0 Å². The first-order chi connectivity index (χ1) is 15.5. The Morgan fingerprint density at radius 2 is 1.82 bits per heavy atom. The third-order valence-electron chi connectivity index (χ3n) is 4.52. The first kappa shape index (κ1) is 23.9. The van der Waals surface area contributed by atoms with Crippen molar-refractivity contribution in [2.45, 2.75) is 18.8 Å². The number of aryl methyl sites for hydroxylation is 1. The van der Waals surface area contributed by atoms with Crippen LogP contribution in [-0.4, -0.2) is 66.6 Å². The number of aliphatic carboxylic acids is 1. The van der Waals surface area contributed by atoms with Gasteiger partial charge in [-0.3, -0.25) is 14.1 Å². The Balaban J connectivity index is 0.000000383. The highest BCUT2D eigenvalue weighted by Gasteiger charge is 2.38. The molecule has 1 aliphatic heterocycles. The van der Waals surface area contributed by atoms with E-state index in [4.69, 9.17) is 14.6 Å². The second kappa shape index (κ2) is 9.81. The Kier molecular flexibility index (Phi) is 7.11. The lowest BCUT2D eigenvalue weighted by Crippen LogP contribution is -2.52. The number of esters is 1. The van der Waals surface area contributed by atoms with Crippen LogP contribution in [0.4, 0.5) is 17.6 Å². The van der Waals surface area contributed by atoms with E-state index in [1.807, 2.05) is 19.3 Å². The van der Waals surface area contributed by atoms with Gasteiger partial charge in [-0.15, -0.1) is 0 Å². The van der Waals surface area contributed by atoms with E-state index < -0.39 is 18.1 Å². The van der Waals surface area contributed by atoms with Crippen molar-refractivity contribution in [3.63, 3.8) is 0 Å². The second-order valence-corrected chi connectivity index (χ2v) is 7.16. The zero-order valence-corrected chi connectivity index (χ0v) is 17.2. The van der Waals surface area contributed by atoms with E-state index in [1.165, 1.54) is 12.1 Å². The van der Waals surface area contributed by atoms with Crippen molar-refractivity contribution in [1.29, 1.82) is 0 Å². The van der Waals surface area contributed by atoms with Crippen LogP contribution in [0, 0.1) is 5.82 Å². The Morgan fingerprint density at radius 3 is 2.36 bits per heavy atom. The predicted molar refractivity (Wildman–Crippen MR) is 105 cm³/mol. The van der Waals surface area contributed by atoms with Crippen LogP contribution in [0.1, 0.15) is 16.1 Å². The summed E-state index contributed by atoms with van der Waals surface area (Å²) < 4.78 is 53.5. The van der Waals surface area contributed by atoms with Gasteiger partial charge in [-0.05, 0) is 17.7 Å². The van der Waals surface area contributed by atoms with Crippen molar-refractivity contribution in [3.8, 4) is 5.82 Å². The van der Waals surface area contributed by atoms with Gasteiger partial charge in [0.25, 0.3) is 0 Å². The number of benzene rings is 1. The second-order valence-electron chi connectivity index (χ2n) is 7.16. The fraction of sp³-hybridized carbons (Fsp3) is 0.300. The maximum absolute atomic E-state index is 12.9. The molecule has 9 nitrogen and oxygen atoms in total. The SMILES string of the molecule is Cn1ccc(-n2cnc(C(=O)OC3CN(Cc4ccc(F)cc4)C3)c2)n1.O=C(O)C(F)(F)F. The molecule has 0 atom stereocenters. The first-order valence-electron chi connectivity index (χ1n) is 9.53. The fourth-order valence-corrected chi connectivity index (χ4v) is 2.88. The van der Waals surface area contributed by atoms with Gasteiger partial charge in [-0.2, -0.15) is 18.3 Å². The third kappa shape index (κ3) is 6.62. The summed E-state index contributed by atoms with van der Waals surface area (Å²) in [5.74, 6) is -2.75. The molecule has 176 valence electrons. The van der Waals surface area contributed by atoms with Gasteiger partial charge >= 0.3 is 18.1 Å². The molecule has 33 heavy (non-hydrogen) atoms. The molecule has 1 saturated heterocycles. The molecule has 2 aromatic heterocycles. The maximum atomic E-state index is 12.9. The molecular weight excluding hydrogens is 450 g/mol. The molecular formula is C20H19F4N5O4. The minimum Gasteiger partial charge on any atom is -0.475 e. The molecule has 0 spiro atoms. The van der Waals surface area contributed by atoms with Crippen molar-refractivity contribution in [1.82, 2.24) is 24.2 Å². The van der Waals surface area contributed by atoms with Gasteiger partial charge in [0.1, 0.15) is 18.2 Å². The van der Waals surface area contributed by atoms with E-state index in [0.717, 1.165) is 5.56 Å². The summed E-state index contributed by atoms with van der Waals surface area (Å²) in [6.07, 6.45) is -0.264. The number of imidazole rings is 1. The highest BCUT2D eigenvalue weighted by atomic mass is 19.4. The number of likely N-dealkylation sites (tertiary alicyclic amines) is 1. The number of ether oxygens (including phenoxy) is 1. The lowest BCUT2D eigenvalue weighted by molar-refractivity contribution is -0.192. The molecule has 1 aliphatic rings. The molecule has 3 heterocycles. The first-order valence-corrected chi connectivity index (χ1v) is 9.53. The molecule has 13 heteroatoms. The number of carboxylic acid groups (broad SMARTS) is 1. The fourth-order valence-electron chi connectivity index (χ4n) is 2.88. The molecule has 1 fully saturated rings. The summed E-state index contributed by atoms with van der Waals surface area (Å²) in [5, 5.41) is 11.4. The molecule has 4 rings (SSSR count). The highest BCUT2D eigenvalue weighted by Crippen LogP contribution is 2.18. The van der Waals surface area contributed by atoms with Gasteiger partial charge < -0.3 is 9.84 Å². The smallest absolute Gasteiger partial charge is 0.475 e. The summed E-state index contributed by atoms with van der Waals surface area (Å²) in [6.45, 7) is 2.02. The van der Waals surface area contributed by atoms with E-state index in [1.54, 1.807) is 33.9 Å². The molecule has 0 bridgehead atoms. The van der Waals surface area contributed by atoms with E-state index in [-0.39, 0.29) is 17.6 Å². The minimum absolute atomic E-state index is 0.150. The molecule has 0 amide bonds. The van der Waals surface area contributed by atoms with Crippen molar-refractivity contribution < 1.29 is 37.0 Å². The average Bonchev–Trinajstić information content (AvgIpc) is 3.36. The lowest BCUT2D eigenvalue weighted by atomic mass is 10.1. The molecule has 0 unspecified atom stereocenters. The average molecular weight is 469 g/mol. The van der Waals surface area contributed by atoms with E-state index in [9.17, 15) is 22.4 Å². The van der Waals surface area contributed by atoms with Crippen LogP contribution in [0.5, 0.6) is 0 Å². The predicted octanol–water partition coefficient (Wildman–Crippen LogP) is 2.42. The number of nitrogens with zero attached hydrogens (tertiary/aromatic N) is 5. The van der Waals surface area contributed by atoms with Crippen molar-refractivity contribution in [2.75, 3.05) is 13.1 Å². The normalized spacial score (nSPS) is 14.2. The molecule has 1 aromatic carbocycles. The van der Waals surface area contributed by atoms with Crippen LogP contribution in [0.15, 0.2) is 49.1 Å². The Morgan fingerprint density at radius 1 is 1.18 bits per heavy atom. The monoisotopic (exact) mass is 469 g/mol. The number of hydrogen-bond donors (Lipinski definition) is 1. The Labute approximate surface area is 184 Å². The summed E-state index contributed by atoms with van der Waals surface area (Å²) >= 11 is 0. The standard InChI is InChI=1S/C18H18FN5O2.C2HF3O2/c1-22-7-6-17(21-22)24-11-16(20-12-24)18(25)26-15-9-23(10-15)8-13-2-4-14(19)5-3-13;3-2(4,5)1(6)7/h2-7,11-12,15H,8-10H2,1H3;(H,6,7).